The van der Waals surface area contributed by atoms with Crippen LogP contribution in [-0.2, 0) is 20.4 Å². The second-order valence-electron chi connectivity index (χ2n) is 5.87. The van der Waals surface area contributed by atoms with Crippen LogP contribution in [0.2, 0.25) is 0 Å². The predicted octanol–water partition coefficient (Wildman–Crippen LogP) is 4.31. The maximum Gasteiger partial charge on any atom is 0.267 e. The topological polar surface area (TPSA) is 55.4 Å². The van der Waals surface area contributed by atoms with Crippen molar-refractivity contribution >= 4 is 24.4 Å². The van der Waals surface area contributed by atoms with Gasteiger partial charge >= 0.3 is 0 Å². The molecule has 0 aromatic heterocycles. The van der Waals surface area contributed by atoms with Crippen LogP contribution in [0.5, 0.6) is 0 Å². The molecule has 0 bridgehead atoms. The second-order valence-corrected chi connectivity index (χ2v) is 9.21. The van der Waals surface area contributed by atoms with Crippen molar-refractivity contribution in [2.45, 2.75) is 33.7 Å². The van der Waals surface area contributed by atoms with Crippen LogP contribution in [0, 0.1) is 5.41 Å². The summed E-state index contributed by atoms with van der Waals surface area (Å²) in [5.41, 5.74) is 0.744. The number of carbonyl (C=O) groups is 1. The van der Waals surface area contributed by atoms with E-state index < -0.39 is 7.52 Å². The Balaban J connectivity index is 2.28. The van der Waals surface area contributed by atoms with Crippen LogP contribution in [0.4, 0.5) is 0 Å². The lowest BCUT2D eigenvalue weighted by molar-refractivity contribution is -0.118. The van der Waals surface area contributed by atoms with Crippen molar-refractivity contribution in [3.05, 3.63) is 35.9 Å². The lowest BCUT2D eigenvalue weighted by atomic mass is 9.92. The van der Waals surface area contributed by atoms with Crippen molar-refractivity contribution in [1.29, 1.82) is 0 Å². The van der Waals surface area contributed by atoms with Crippen LogP contribution < -0.4 is 5.09 Å². The number of rotatable bonds is 9. The lowest BCUT2D eigenvalue weighted by Crippen LogP contribution is -2.21. The molecule has 22 heavy (non-hydrogen) atoms. The minimum absolute atomic E-state index is 0.154. The molecule has 0 heterocycles. The van der Waals surface area contributed by atoms with E-state index in [0.29, 0.717) is 18.9 Å². The number of thioether (sulfide) groups is 1. The van der Waals surface area contributed by atoms with Crippen molar-refractivity contribution < 1.29 is 13.9 Å². The van der Waals surface area contributed by atoms with E-state index in [9.17, 15) is 9.36 Å². The molecule has 1 aromatic carbocycles. The van der Waals surface area contributed by atoms with Crippen molar-refractivity contribution in [1.82, 2.24) is 5.09 Å². The molecule has 0 spiro atoms. The number of benzene rings is 1. The van der Waals surface area contributed by atoms with Gasteiger partial charge in [0.25, 0.3) is 7.52 Å². The number of nitrogens with one attached hydrogen (secondary N) is 1. The van der Waals surface area contributed by atoms with E-state index in [1.54, 1.807) is 6.66 Å². The second kappa shape index (κ2) is 8.88. The van der Waals surface area contributed by atoms with Crippen molar-refractivity contribution in [2.75, 3.05) is 19.0 Å². The molecule has 6 heteroatoms. The summed E-state index contributed by atoms with van der Waals surface area (Å²) in [4.78, 5) is 12.0. The third-order valence-corrected chi connectivity index (χ3v) is 6.10. The third kappa shape index (κ3) is 7.10. The average molecular weight is 343 g/mol. The molecule has 0 aliphatic heterocycles. The molecule has 1 rings (SSSR count). The van der Waals surface area contributed by atoms with Crippen molar-refractivity contribution in [3.63, 3.8) is 0 Å². The molecule has 1 N–H and O–H groups in total. The van der Waals surface area contributed by atoms with E-state index in [0.717, 1.165) is 12.0 Å². The molecule has 0 saturated heterocycles. The SMILES string of the molecule is CCC(C)(C)C(=O)SCCOP(C)(=O)NCc1ccccc1. The van der Waals surface area contributed by atoms with E-state index >= 15 is 0 Å². The summed E-state index contributed by atoms with van der Waals surface area (Å²) in [6.45, 7) is 8.25. The molecule has 1 unspecified atom stereocenters. The summed E-state index contributed by atoms with van der Waals surface area (Å²) in [5.74, 6) is 0.521. The molecule has 1 aromatic rings. The summed E-state index contributed by atoms with van der Waals surface area (Å²) < 4.78 is 17.7. The zero-order chi connectivity index (χ0) is 16.6. The molecule has 0 radical (unpaired) electrons. The molecule has 124 valence electrons. The monoisotopic (exact) mass is 343 g/mol. The highest BCUT2D eigenvalue weighted by Crippen LogP contribution is 2.38. The van der Waals surface area contributed by atoms with Gasteiger partial charge in [0.15, 0.2) is 5.12 Å². The van der Waals surface area contributed by atoms with Gasteiger partial charge in [-0.2, -0.15) is 0 Å². The quantitative estimate of drug-likeness (QED) is 0.535. The van der Waals surface area contributed by atoms with E-state index in [2.05, 4.69) is 5.09 Å². The highest BCUT2D eigenvalue weighted by Gasteiger charge is 2.25. The minimum Gasteiger partial charge on any atom is -0.317 e. The molecule has 0 fully saturated rings. The van der Waals surface area contributed by atoms with Crippen LogP contribution in [0.1, 0.15) is 32.8 Å². The van der Waals surface area contributed by atoms with Gasteiger partial charge in [0.05, 0.1) is 6.61 Å². The summed E-state index contributed by atoms with van der Waals surface area (Å²) in [6, 6.07) is 9.76. The molecule has 0 aliphatic rings. The molecular formula is C16H26NO3PS. The number of carbonyl (C=O) groups excluding carboxylic acids is 1. The Morgan fingerprint density at radius 2 is 1.95 bits per heavy atom. The summed E-state index contributed by atoms with van der Waals surface area (Å²) in [5, 5.41) is 3.10. The zero-order valence-electron chi connectivity index (χ0n) is 13.8. The van der Waals surface area contributed by atoms with Crippen LogP contribution >= 0.6 is 19.3 Å². The fourth-order valence-electron chi connectivity index (χ4n) is 1.56. The van der Waals surface area contributed by atoms with E-state index in [-0.39, 0.29) is 10.5 Å². The summed E-state index contributed by atoms with van der Waals surface area (Å²) >= 11 is 1.25. The normalized spacial score (nSPS) is 14.5. The Hall–Kier alpha value is -0.610. The van der Waals surface area contributed by atoms with Gasteiger partial charge in [-0.25, -0.2) is 5.09 Å². The summed E-state index contributed by atoms with van der Waals surface area (Å²) in [7, 11) is -2.84. The Kier molecular flexibility index (Phi) is 7.84. The van der Waals surface area contributed by atoms with Gasteiger partial charge < -0.3 is 4.52 Å². The first kappa shape index (κ1) is 19.4. The zero-order valence-corrected chi connectivity index (χ0v) is 15.5. The average Bonchev–Trinajstić information content (AvgIpc) is 2.50. The largest absolute Gasteiger partial charge is 0.317 e. The van der Waals surface area contributed by atoms with Gasteiger partial charge in [-0.3, -0.25) is 9.36 Å². The Morgan fingerprint density at radius 1 is 1.32 bits per heavy atom. The fourth-order valence-corrected chi connectivity index (χ4v) is 3.57. The minimum atomic E-state index is -2.84. The van der Waals surface area contributed by atoms with Crippen LogP contribution in [0.3, 0.4) is 0 Å². The lowest BCUT2D eigenvalue weighted by Gasteiger charge is -2.20. The molecule has 4 nitrogen and oxygen atoms in total. The first-order valence-corrected chi connectivity index (χ1v) is 10.5. The molecule has 0 amide bonds. The van der Waals surface area contributed by atoms with Gasteiger partial charge in [0.1, 0.15) is 0 Å². The Morgan fingerprint density at radius 3 is 2.55 bits per heavy atom. The van der Waals surface area contributed by atoms with Gasteiger partial charge in [-0.15, -0.1) is 0 Å². The van der Waals surface area contributed by atoms with E-state index in [1.165, 1.54) is 11.8 Å². The number of hydrogen-bond donors (Lipinski definition) is 1. The Labute approximate surface area is 137 Å². The van der Waals surface area contributed by atoms with Crippen molar-refractivity contribution in [3.8, 4) is 0 Å². The van der Waals surface area contributed by atoms with Crippen LogP contribution in [0.15, 0.2) is 30.3 Å². The maximum absolute atomic E-state index is 12.3. The van der Waals surface area contributed by atoms with E-state index in [4.69, 9.17) is 4.52 Å². The first-order chi connectivity index (χ1) is 10.3. The van der Waals surface area contributed by atoms with Gasteiger partial charge in [0, 0.05) is 24.4 Å². The van der Waals surface area contributed by atoms with Crippen LogP contribution in [-0.4, -0.2) is 24.1 Å². The van der Waals surface area contributed by atoms with Crippen molar-refractivity contribution in [2.24, 2.45) is 5.41 Å². The van der Waals surface area contributed by atoms with Gasteiger partial charge in [-0.05, 0) is 12.0 Å². The fraction of sp³-hybridized carbons (Fsp3) is 0.562. The molecular weight excluding hydrogens is 317 g/mol. The van der Waals surface area contributed by atoms with E-state index in [1.807, 2.05) is 51.1 Å². The first-order valence-electron chi connectivity index (χ1n) is 7.45. The standard InChI is InChI=1S/C16H26NO3PS/c1-5-16(2,3)15(18)22-12-11-20-21(4,19)17-13-14-9-7-6-8-10-14/h6-10H,5,11-13H2,1-4H3,(H,17,19). The molecule has 0 aliphatic carbocycles. The van der Waals surface area contributed by atoms with Gasteiger partial charge in [0.2, 0.25) is 0 Å². The smallest absolute Gasteiger partial charge is 0.267 e. The highest BCUT2D eigenvalue weighted by atomic mass is 32.2. The molecule has 0 saturated carbocycles. The molecule has 1 atom stereocenters. The third-order valence-electron chi connectivity index (χ3n) is 3.50. The maximum atomic E-state index is 12.3. The van der Waals surface area contributed by atoms with Crippen LogP contribution in [0.25, 0.3) is 0 Å². The predicted molar refractivity (Wildman–Crippen MR) is 94.3 cm³/mol. The highest BCUT2D eigenvalue weighted by molar-refractivity contribution is 8.13. The number of hydrogen-bond acceptors (Lipinski definition) is 4. The Bertz CT molecular complexity index is 519. The summed E-state index contributed by atoms with van der Waals surface area (Å²) in [6.07, 6.45) is 0.810. The van der Waals surface area contributed by atoms with Gasteiger partial charge in [-0.1, -0.05) is 62.9 Å².